The zero-order valence-electron chi connectivity index (χ0n) is 12.2. The second kappa shape index (κ2) is 7.98. The van der Waals surface area contributed by atoms with Crippen LogP contribution in [0.1, 0.15) is 38.5 Å². The molecule has 2 rings (SSSR count). The van der Waals surface area contributed by atoms with Gasteiger partial charge in [-0.3, -0.25) is 14.9 Å². The van der Waals surface area contributed by atoms with E-state index in [0.29, 0.717) is 0 Å². The minimum absolute atomic E-state index is 0.0467. The summed E-state index contributed by atoms with van der Waals surface area (Å²) in [6.45, 7) is -0.237. The second-order valence-corrected chi connectivity index (χ2v) is 5.85. The Labute approximate surface area is 133 Å². The topological polar surface area (TPSA) is 81.5 Å². The largest absolute Gasteiger partial charge is 0.477 e. The number of nitro groups is 1. The number of nitrogens with zero attached hydrogens (tertiary/aromatic N) is 1. The molecule has 1 aliphatic carbocycles. The number of rotatable bonds is 5. The molecule has 0 radical (unpaired) electrons. The zero-order chi connectivity index (χ0) is 15.9. The standard InChI is InChI=1S/C15H19ClN2O4/c16-11-7-8-14(13(9-11)18(20)21)22-10-15(19)17-12-5-3-1-2-4-6-12/h7-9,12H,1-6,10H2,(H,17,19). The Morgan fingerprint density at radius 1 is 1.32 bits per heavy atom. The monoisotopic (exact) mass is 326 g/mol. The maximum absolute atomic E-state index is 11.9. The van der Waals surface area contributed by atoms with Gasteiger partial charge < -0.3 is 10.1 Å². The maximum atomic E-state index is 11.9. The number of carbonyl (C=O) groups excluding carboxylic acids is 1. The first kappa shape index (κ1) is 16.5. The number of nitrogens with one attached hydrogen (secondary N) is 1. The molecule has 0 unspecified atom stereocenters. The molecule has 0 aromatic heterocycles. The van der Waals surface area contributed by atoms with E-state index in [1.165, 1.54) is 31.0 Å². The van der Waals surface area contributed by atoms with Crippen LogP contribution in [0.3, 0.4) is 0 Å². The fourth-order valence-electron chi connectivity index (χ4n) is 2.59. The van der Waals surface area contributed by atoms with Crippen molar-refractivity contribution in [1.29, 1.82) is 0 Å². The summed E-state index contributed by atoms with van der Waals surface area (Å²) < 4.78 is 5.28. The molecular formula is C15H19ClN2O4. The quantitative estimate of drug-likeness (QED) is 0.510. The lowest BCUT2D eigenvalue weighted by Crippen LogP contribution is -2.37. The van der Waals surface area contributed by atoms with Gasteiger partial charge >= 0.3 is 5.69 Å². The van der Waals surface area contributed by atoms with Crippen LogP contribution in [0.25, 0.3) is 0 Å². The molecule has 1 N–H and O–H groups in total. The summed E-state index contributed by atoms with van der Waals surface area (Å²) in [4.78, 5) is 22.3. The van der Waals surface area contributed by atoms with E-state index in [2.05, 4.69) is 5.32 Å². The zero-order valence-corrected chi connectivity index (χ0v) is 13.0. The number of ether oxygens (including phenoxy) is 1. The molecular weight excluding hydrogens is 308 g/mol. The van der Waals surface area contributed by atoms with E-state index in [-0.39, 0.29) is 35.0 Å². The van der Waals surface area contributed by atoms with Crippen molar-refractivity contribution in [2.45, 2.75) is 44.6 Å². The summed E-state index contributed by atoms with van der Waals surface area (Å²) in [6, 6.07) is 4.28. The SMILES string of the molecule is O=C(COc1ccc(Cl)cc1[N+](=O)[O-])NC1CCCCCC1. The molecule has 1 saturated carbocycles. The Hall–Kier alpha value is -1.82. The molecule has 0 heterocycles. The van der Waals surface area contributed by atoms with E-state index >= 15 is 0 Å². The summed E-state index contributed by atoms with van der Waals surface area (Å²) in [5.41, 5.74) is -0.241. The number of hydrogen-bond donors (Lipinski definition) is 1. The molecule has 0 spiro atoms. The van der Waals surface area contributed by atoms with Crippen molar-refractivity contribution in [3.63, 3.8) is 0 Å². The number of benzene rings is 1. The van der Waals surface area contributed by atoms with Gasteiger partial charge in [-0.1, -0.05) is 37.3 Å². The molecule has 1 fully saturated rings. The molecule has 6 nitrogen and oxygen atoms in total. The van der Waals surface area contributed by atoms with Crippen molar-refractivity contribution in [3.05, 3.63) is 33.3 Å². The van der Waals surface area contributed by atoms with Crippen LogP contribution in [-0.4, -0.2) is 23.5 Å². The van der Waals surface area contributed by atoms with Crippen molar-refractivity contribution in [1.82, 2.24) is 5.32 Å². The van der Waals surface area contributed by atoms with Gasteiger partial charge in [-0.05, 0) is 25.0 Å². The van der Waals surface area contributed by atoms with E-state index < -0.39 is 4.92 Å². The third-order valence-electron chi connectivity index (χ3n) is 3.70. The van der Waals surface area contributed by atoms with Crippen molar-refractivity contribution in [2.24, 2.45) is 0 Å². The summed E-state index contributed by atoms with van der Waals surface area (Å²) in [7, 11) is 0. The van der Waals surface area contributed by atoms with E-state index in [4.69, 9.17) is 16.3 Å². The van der Waals surface area contributed by atoms with Crippen LogP contribution in [-0.2, 0) is 4.79 Å². The first-order valence-corrected chi connectivity index (χ1v) is 7.80. The van der Waals surface area contributed by atoms with Gasteiger partial charge in [0.05, 0.1) is 4.92 Å². The fourth-order valence-corrected chi connectivity index (χ4v) is 2.76. The maximum Gasteiger partial charge on any atom is 0.312 e. The second-order valence-electron chi connectivity index (χ2n) is 5.41. The molecule has 7 heteroatoms. The van der Waals surface area contributed by atoms with Gasteiger partial charge in [0.2, 0.25) is 0 Å². The average Bonchev–Trinajstić information content (AvgIpc) is 2.74. The summed E-state index contributed by atoms with van der Waals surface area (Å²) >= 11 is 5.73. The summed E-state index contributed by atoms with van der Waals surface area (Å²) in [5.74, 6) is -0.207. The summed E-state index contributed by atoms with van der Waals surface area (Å²) in [5, 5.41) is 14.1. The van der Waals surface area contributed by atoms with Gasteiger partial charge in [-0.15, -0.1) is 0 Å². The normalized spacial score (nSPS) is 15.9. The highest BCUT2D eigenvalue weighted by atomic mass is 35.5. The highest BCUT2D eigenvalue weighted by Gasteiger charge is 2.18. The lowest BCUT2D eigenvalue weighted by Gasteiger charge is -2.16. The smallest absolute Gasteiger partial charge is 0.312 e. The van der Waals surface area contributed by atoms with Crippen molar-refractivity contribution in [3.8, 4) is 5.75 Å². The first-order chi connectivity index (χ1) is 10.6. The van der Waals surface area contributed by atoms with E-state index in [1.54, 1.807) is 0 Å². The Morgan fingerprint density at radius 3 is 2.64 bits per heavy atom. The Kier molecular flexibility index (Phi) is 6.00. The number of hydrogen-bond acceptors (Lipinski definition) is 4. The van der Waals surface area contributed by atoms with E-state index in [1.807, 2.05) is 0 Å². The molecule has 1 aromatic rings. The molecule has 0 bridgehead atoms. The fraction of sp³-hybridized carbons (Fsp3) is 0.533. The third kappa shape index (κ3) is 4.87. The highest BCUT2D eigenvalue weighted by Crippen LogP contribution is 2.29. The lowest BCUT2D eigenvalue weighted by molar-refractivity contribution is -0.385. The van der Waals surface area contributed by atoms with Crippen LogP contribution in [0.4, 0.5) is 5.69 Å². The molecule has 1 aromatic carbocycles. The number of halogens is 1. The van der Waals surface area contributed by atoms with Gasteiger partial charge in [0.1, 0.15) is 0 Å². The molecule has 1 aliphatic rings. The van der Waals surface area contributed by atoms with Gasteiger partial charge in [0.25, 0.3) is 5.91 Å². The molecule has 120 valence electrons. The van der Waals surface area contributed by atoms with Crippen LogP contribution >= 0.6 is 11.6 Å². The van der Waals surface area contributed by atoms with E-state index in [9.17, 15) is 14.9 Å². The molecule has 22 heavy (non-hydrogen) atoms. The van der Waals surface area contributed by atoms with E-state index in [0.717, 1.165) is 25.7 Å². The predicted octanol–water partition coefficient (Wildman–Crippen LogP) is 3.47. The number of amides is 1. The Bertz CT molecular complexity index is 542. The average molecular weight is 327 g/mol. The van der Waals surface area contributed by atoms with Gasteiger partial charge in [0, 0.05) is 17.1 Å². The Morgan fingerprint density at radius 2 is 2.00 bits per heavy atom. The minimum atomic E-state index is -0.579. The minimum Gasteiger partial charge on any atom is -0.477 e. The van der Waals surface area contributed by atoms with Crippen molar-refractivity contribution < 1.29 is 14.5 Å². The van der Waals surface area contributed by atoms with Gasteiger partial charge in [0.15, 0.2) is 12.4 Å². The van der Waals surface area contributed by atoms with Crippen molar-refractivity contribution in [2.75, 3.05) is 6.61 Å². The molecule has 0 aliphatic heterocycles. The molecule has 0 saturated heterocycles. The number of carbonyl (C=O) groups is 1. The lowest BCUT2D eigenvalue weighted by atomic mass is 10.1. The summed E-state index contributed by atoms with van der Waals surface area (Å²) in [6.07, 6.45) is 6.61. The van der Waals surface area contributed by atoms with Crippen molar-refractivity contribution >= 4 is 23.2 Å². The van der Waals surface area contributed by atoms with Crippen LogP contribution in [0.2, 0.25) is 5.02 Å². The first-order valence-electron chi connectivity index (χ1n) is 7.42. The van der Waals surface area contributed by atoms with Gasteiger partial charge in [-0.25, -0.2) is 0 Å². The van der Waals surface area contributed by atoms with Gasteiger partial charge in [-0.2, -0.15) is 0 Å². The predicted molar refractivity (Wildman–Crippen MR) is 83.2 cm³/mol. The Balaban J connectivity index is 1.89. The third-order valence-corrected chi connectivity index (χ3v) is 3.93. The van der Waals surface area contributed by atoms with Crippen LogP contribution < -0.4 is 10.1 Å². The van der Waals surface area contributed by atoms with Crippen LogP contribution in [0.15, 0.2) is 18.2 Å². The van der Waals surface area contributed by atoms with Crippen LogP contribution in [0.5, 0.6) is 5.75 Å². The van der Waals surface area contributed by atoms with Crippen LogP contribution in [0, 0.1) is 10.1 Å². The number of nitro benzene ring substituents is 1. The highest BCUT2D eigenvalue weighted by molar-refractivity contribution is 6.30. The molecule has 0 atom stereocenters. The molecule has 1 amide bonds.